The van der Waals surface area contributed by atoms with Gasteiger partial charge in [0.1, 0.15) is 0 Å². The Kier molecular flexibility index (Phi) is 7.39. The molecule has 0 atom stereocenters. The van der Waals surface area contributed by atoms with E-state index in [4.69, 9.17) is 9.47 Å². The second-order valence-electron chi connectivity index (χ2n) is 8.34. The van der Waals surface area contributed by atoms with Crippen molar-refractivity contribution in [2.45, 2.75) is 85.0 Å². The largest absolute Gasteiger partial charge is 0.438 e. The summed E-state index contributed by atoms with van der Waals surface area (Å²) < 4.78 is 10.9. The Labute approximate surface area is 142 Å². The Morgan fingerprint density at radius 3 is 2.17 bits per heavy atom. The molecule has 3 nitrogen and oxygen atoms in total. The van der Waals surface area contributed by atoms with Gasteiger partial charge in [0.25, 0.3) is 0 Å². The van der Waals surface area contributed by atoms with Crippen LogP contribution in [0.15, 0.2) is 0 Å². The number of hydrogen-bond acceptors (Lipinski definition) is 3. The van der Waals surface area contributed by atoms with Crippen molar-refractivity contribution in [2.75, 3.05) is 13.4 Å². The second-order valence-corrected chi connectivity index (χ2v) is 8.34. The van der Waals surface area contributed by atoms with E-state index < -0.39 is 5.41 Å². The van der Waals surface area contributed by atoms with Crippen LogP contribution in [0.25, 0.3) is 0 Å². The normalized spacial score (nSPS) is 26.9. The molecule has 0 aliphatic heterocycles. The van der Waals surface area contributed by atoms with Crippen LogP contribution in [0.1, 0.15) is 85.0 Å². The zero-order valence-corrected chi connectivity index (χ0v) is 15.4. The first-order valence-corrected chi connectivity index (χ1v) is 9.78. The van der Waals surface area contributed by atoms with Crippen molar-refractivity contribution in [3.05, 3.63) is 0 Å². The Bertz CT molecular complexity index is 350. The van der Waals surface area contributed by atoms with Crippen LogP contribution in [0.5, 0.6) is 0 Å². The molecule has 0 radical (unpaired) electrons. The minimum Gasteiger partial charge on any atom is -0.438 e. The fraction of sp³-hybridized carbons (Fsp3) is 0.950. The van der Waals surface area contributed by atoms with E-state index in [1.54, 1.807) is 0 Å². The molecule has 2 aliphatic rings. The van der Waals surface area contributed by atoms with E-state index in [1.807, 2.05) is 20.8 Å². The molecule has 0 amide bonds. The molecule has 0 saturated heterocycles. The standard InChI is InChI=1S/C20H36O3/c1-4-20(2,3)19(21)23-15-22-14-16-10-12-18(13-11-16)17-8-6-5-7-9-17/h16-18H,4-15H2,1-3H3. The number of carbonyl (C=O) groups is 1. The smallest absolute Gasteiger partial charge is 0.313 e. The van der Waals surface area contributed by atoms with E-state index in [-0.39, 0.29) is 12.8 Å². The fourth-order valence-electron chi connectivity index (χ4n) is 4.08. The van der Waals surface area contributed by atoms with E-state index in [9.17, 15) is 4.79 Å². The molecular weight excluding hydrogens is 288 g/mol. The molecule has 0 aromatic carbocycles. The van der Waals surface area contributed by atoms with E-state index in [2.05, 4.69) is 0 Å². The van der Waals surface area contributed by atoms with Gasteiger partial charge >= 0.3 is 5.97 Å². The van der Waals surface area contributed by atoms with Gasteiger partial charge in [0.05, 0.1) is 12.0 Å². The fourth-order valence-corrected chi connectivity index (χ4v) is 4.08. The molecule has 0 heterocycles. The summed E-state index contributed by atoms with van der Waals surface area (Å²) in [6.45, 7) is 6.71. The highest BCUT2D eigenvalue weighted by atomic mass is 16.7. The van der Waals surface area contributed by atoms with Crippen LogP contribution in [0.3, 0.4) is 0 Å². The quantitative estimate of drug-likeness (QED) is 0.361. The maximum Gasteiger partial charge on any atom is 0.313 e. The number of esters is 1. The van der Waals surface area contributed by atoms with E-state index >= 15 is 0 Å². The lowest BCUT2D eigenvalue weighted by atomic mass is 9.71. The minimum atomic E-state index is -0.401. The lowest BCUT2D eigenvalue weighted by Gasteiger charge is -2.35. The van der Waals surface area contributed by atoms with Crippen molar-refractivity contribution in [1.29, 1.82) is 0 Å². The Morgan fingerprint density at radius 1 is 0.957 bits per heavy atom. The first-order valence-electron chi connectivity index (χ1n) is 9.78. The van der Waals surface area contributed by atoms with Gasteiger partial charge in [0.2, 0.25) is 0 Å². The summed E-state index contributed by atoms with van der Waals surface area (Å²) >= 11 is 0. The molecule has 0 unspecified atom stereocenters. The highest BCUT2D eigenvalue weighted by Crippen LogP contribution is 2.39. The molecule has 2 saturated carbocycles. The number of carbonyl (C=O) groups excluding carboxylic acids is 1. The van der Waals surface area contributed by atoms with Gasteiger partial charge in [-0.25, -0.2) is 0 Å². The summed E-state index contributed by atoms with van der Waals surface area (Å²) in [5, 5.41) is 0. The second kappa shape index (κ2) is 9.05. The Morgan fingerprint density at radius 2 is 1.57 bits per heavy atom. The van der Waals surface area contributed by atoms with Crippen LogP contribution < -0.4 is 0 Å². The SMILES string of the molecule is CCC(C)(C)C(=O)OCOCC1CCC(C2CCCCC2)CC1. The molecule has 2 fully saturated rings. The summed E-state index contributed by atoms with van der Waals surface area (Å²) in [5.74, 6) is 2.48. The summed E-state index contributed by atoms with van der Waals surface area (Å²) in [5.41, 5.74) is -0.401. The van der Waals surface area contributed by atoms with Crippen LogP contribution in [0.4, 0.5) is 0 Å². The number of rotatable bonds is 7. The van der Waals surface area contributed by atoms with Gasteiger partial charge in [-0.3, -0.25) is 4.79 Å². The molecule has 0 N–H and O–H groups in total. The maximum atomic E-state index is 11.9. The van der Waals surface area contributed by atoms with Gasteiger partial charge in [-0.2, -0.15) is 0 Å². The van der Waals surface area contributed by atoms with Crippen LogP contribution in [0, 0.1) is 23.2 Å². The van der Waals surface area contributed by atoms with Crippen molar-refractivity contribution in [1.82, 2.24) is 0 Å². The van der Waals surface area contributed by atoms with Crippen molar-refractivity contribution in [3.8, 4) is 0 Å². The average Bonchev–Trinajstić information content (AvgIpc) is 2.59. The van der Waals surface area contributed by atoms with Crippen LogP contribution >= 0.6 is 0 Å². The van der Waals surface area contributed by atoms with Gasteiger partial charge in [0.15, 0.2) is 6.79 Å². The van der Waals surface area contributed by atoms with Crippen molar-refractivity contribution in [3.63, 3.8) is 0 Å². The van der Waals surface area contributed by atoms with E-state index in [0.29, 0.717) is 5.92 Å². The third kappa shape index (κ3) is 5.77. The Hall–Kier alpha value is -0.570. The lowest BCUT2D eigenvalue weighted by molar-refractivity contribution is -0.168. The van der Waals surface area contributed by atoms with Crippen molar-refractivity contribution >= 4 is 5.97 Å². The maximum absolute atomic E-state index is 11.9. The van der Waals surface area contributed by atoms with Crippen molar-refractivity contribution in [2.24, 2.45) is 23.2 Å². The molecule has 0 bridgehead atoms. The highest BCUT2D eigenvalue weighted by molar-refractivity contribution is 5.75. The van der Waals surface area contributed by atoms with E-state index in [0.717, 1.165) is 24.9 Å². The summed E-state index contributed by atoms with van der Waals surface area (Å²) in [4.78, 5) is 11.9. The molecule has 23 heavy (non-hydrogen) atoms. The summed E-state index contributed by atoms with van der Waals surface area (Å²) in [6.07, 6.45) is 13.4. The average molecular weight is 325 g/mol. The van der Waals surface area contributed by atoms with Crippen LogP contribution in [0.2, 0.25) is 0 Å². The molecule has 0 aromatic rings. The predicted molar refractivity (Wildman–Crippen MR) is 93.0 cm³/mol. The highest BCUT2D eigenvalue weighted by Gasteiger charge is 2.29. The van der Waals surface area contributed by atoms with Crippen molar-refractivity contribution < 1.29 is 14.3 Å². The Balaban J connectivity index is 1.57. The van der Waals surface area contributed by atoms with Crippen LogP contribution in [-0.2, 0) is 14.3 Å². The molecule has 2 aliphatic carbocycles. The zero-order valence-electron chi connectivity index (χ0n) is 15.4. The first kappa shape index (κ1) is 18.8. The monoisotopic (exact) mass is 324 g/mol. The zero-order chi connectivity index (χ0) is 16.7. The summed E-state index contributed by atoms with van der Waals surface area (Å²) in [7, 11) is 0. The van der Waals surface area contributed by atoms with Gasteiger partial charge in [-0.1, -0.05) is 39.0 Å². The van der Waals surface area contributed by atoms with Crippen LogP contribution in [-0.4, -0.2) is 19.4 Å². The number of hydrogen-bond donors (Lipinski definition) is 0. The molecule has 0 aromatic heterocycles. The van der Waals surface area contributed by atoms with Gasteiger partial charge < -0.3 is 9.47 Å². The topological polar surface area (TPSA) is 35.5 Å². The van der Waals surface area contributed by atoms with E-state index in [1.165, 1.54) is 57.8 Å². The molecular formula is C20H36O3. The van der Waals surface area contributed by atoms with Gasteiger partial charge in [0, 0.05) is 0 Å². The predicted octanol–water partition coefficient (Wildman–Crippen LogP) is 5.33. The molecule has 134 valence electrons. The minimum absolute atomic E-state index is 0.116. The molecule has 0 spiro atoms. The third-order valence-corrected chi connectivity index (χ3v) is 6.27. The summed E-state index contributed by atoms with van der Waals surface area (Å²) in [6, 6.07) is 0. The van der Waals surface area contributed by atoms with Gasteiger partial charge in [-0.15, -0.1) is 0 Å². The first-order chi connectivity index (χ1) is 11.0. The molecule has 3 heteroatoms. The molecule has 2 rings (SSSR count). The third-order valence-electron chi connectivity index (χ3n) is 6.27. The lowest BCUT2D eigenvalue weighted by Crippen LogP contribution is -2.28. The number of ether oxygens (including phenoxy) is 2. The van der Waals surface area contributed by atoms with Gasteiger partial charge in [-0.05, 0) is 63.7 Å².